The van der Waals surface area contributed by atoms with Crippen molar-refractivity contribution in [2.45, 2.75) is 19.9 Å². The number of aryl methyl sites for hydroxylation is 1. The van der Waals surface area contributed by atoms with Gasteiger partial charge >= 0.3 is 0 Å². The highest BCUT2D eigenvalue weighted by atomic mass is 32.1. The monoisotopic (exact) mass is 315 g/mol. The first-order valence-corrected chi connectivity index (χ1v) is 7.61. The van der Waals surface area contributed by atoms with E-state index in [1.165, 1.54) is 34.4 Å². The maximum Gasteiger partial charge on any atom is 0.269 e. The molecule has 0 N–H and O–H groups in total. The lowest BCUT2D eigenvalue weighted by Gasteiger charge is -2.05. The van der Waals surface area contributed by atoms with Crippen LogP contribution >= 0.6 is 11.3 Å². The Hall–Kier alpha value is -2.54. The largest absolute Gasteiger partial charge is 0.294 e. The fourth-order valence-corrected chi connectivity index (χ4v) is 3.19. The molecule has 0 aliphatic rings. The van der Waals surface area contributed by atoms with Crippen LogP contribution in [0.3, 0.4) is 0 Å². The summed E-state index contributed by atoms with van der Waals surface area (Å²) in [6.07, 6.45) is 2.37. The molecule has 0 atom stereocenters. The Labute approximate surface area is 129 Å². The molecule has 22 heavy (non-hydrogen) atoms. The van der Waals surface area contributed by atoms with Crippen LogP contribution in [0.15, 0.2) is 41.5 Å². The molecule has 7 heteroatoms. The van der Waals surface area contributed by atoms with Gasteiger partial charge in [0, 0.05) is 17.0 Å². The number of nitro groups is 1. The predicted molar refractivity (Wildman–Crippen MR) is 85.5 cm³/mol. The van der Waals surface area contributed by atoms with Gasteiger partial charge in [0.05, 0.1) is 23.2 Å². The Kier molecular flexibility index (Phi) is 3.72. The average Bonchev–Trinajstić information content (AvgIpc) is 2.94. The van der Waals surface area contributed by atoms with E-state index in [0.29, 0.717) is 10.9 Å². The molecule has 6 nitrogen and oxygen atoms in total. The molecule has 0 saturated heterocycles. The number of nitro benzene ring substituents is 1. The maximum atomic E-state index is 12.5. The first-order chi connectivity index (χ1) is 10.6. The molecule has 0 aliphatic heterocycles. The number of rotatable bonds is 4. The summed E-state index contributed by atoms with van der Waals surface area (Å²) in [6, 6.07) is 8.15. The lowest BCUT2D eigenvalue weighted by Crippen LogP contribution is -2.20. The second-order valence-electron chi connectivity index (χ2n) is 4.89. The molecule has 1 aromatic carbocycles. The van der Waals surface area contributed by atoms with Crippen LogP contribution < -0.4 is 5.56 Å². The molecule has 2 heterocycles. The third-order valence-electron chi connectivity index (χ3n) is 3.39. The van der Waals surface area contributed by atoms with Gasteiger partial charge in [-0.1, -0.05) is 19.1 Å². The molecule has 3 aromatic rings. The summed E-state index contributed by atoms with van der Waals surface area (Å²) < 4.78 is 1.48. The molecule has 0 radical (unpaired) electrons. The SMILES string of the molecule is CCc1cc2c(=O)n(Cc3cccc([N+](=O)[O-])c3)cnc2s1. The Morgan fingerprint density at radius 2 is 2.18 bits per heavy atom. The third kappa shape index (κ3) is 2.62. The lowest BCUT2D eigenvalue weighted by molar-refractivity contribution is -0.384. The zero-order valence-electron chi connectivity index (χ0n) is 11.9. The Bertz CT molecular complexity index is 914. The van der Waals surface area contributed by atoms with Gasteiger partial charge in [-0.2, -0.15) is 0 Å². The third-order valence-corrected chi connectivity index (χ3v) is 4.58. The van der Waals surface area contributed by atoms with Gasteiger partial charge in [-0.15, -0.1) is 11.3 Å². The van der Waals surface area contributed by atoms with E-state index in [0.717, 1.165) is 16.1 Å². The summed E-state index contributed by atoms with van der Waals surface area (Å²) in [5, 5.41) is 11.4. The molecule has 0 saturated carbocycles. The summed E-state index contributed by atoms with van der Waals surface area (Å²) >= 11 is 1.52. The van der Waals surface area contributed by atoms with E-state index in [4.69, 9.17) is 0 Å². The number of benzene rings is 1. The minimum Gasteiger partial charge on any atom is -0.294 e. The average molecular weight is 315 g/mol. The number of hydrogen-bond donors (Lipinski definition) is 0. The summed E-state index contributed by atoms with van der Waals surface area (Å²) in [5.41, 5.74) is 0.597. The molecule has 0 amide bonds. The Morgan fingerprint density at radius 1 is 1.36 bits per heavy atom. The predicted octanol–water partition coefficient (Wildman–Crippen LogP) is 2.98. The Morgan fingerprint density at radius 3 is 2.91 bits per heavy atom. The standard InChI is InChI=1S/C15H13N3O3S/c1-2-12-7-13-14(22-12)16-9-17(15(13)19)8-10-4-3-5-11(6-10)18(20)21/h3-7,9H,2,8H2,1H3. The van der Waals surface area contributed by atoms with Crippen LogP contribution in [0.1, 0.15) is 17.4 Å². The van der Waals surface area contributed by atoms with Gasteiger partial charge in [-0.25, -0.2) is 4.98 Å². The molecule has 3 rings (SSSR count). The van der Waals surface area contributed by atoms with E-state index in [1.807, 2.05) is 13.0 Å². The van der Waals surface area contributed by atoms with Crippen molar-refractivity contribution in [3.63, 3.8) is 0 Å². The van der Waals surface area contributed by atoms with Crippen molar-refractivity contribution in [2.24, 2.45) is 0 Å². The minimum absolute atomic E-state index is 0.0170. The van der Waals surface area contributed by atoms with E-state index in [1.54, 1.807) is 12.1 Å². The van der Waals surface area contributed by atoms with Gasteiger partial charge < -0.3 is 0 Å². The van der Waals surface area contributed by atoms with E-state index in [2.05, 4.69) is 4.98 Å². The molecular formula is C15H13N3O3S. The normalized spacial score (nSPS) is 11.0. The van der Waals surface area contributed by atoms with Crippen molar-refractivity contribution in [1.29, 1.82) is 0 Å². The minimum atomic E-state index is -0.444. The number of non-ortho nitro benzene ring substituents is 1. The van der Waals surface area contributed by atoms with Crippen LogP contribution in [0.4, 0.5) is 5.69 Å². The number of nitrogens with zero attached hydrogens (tertiary/aromatic N) is 3. The van der Waals surface area contributed by atoms with Crippen LogP contribution in [-0.4, -0.2) is 14.5 Å². The van der Waals surface area contributed by atoms with Crippen LogP contribution in [0.5, 0.6) is 0 Å². The van der Waals surface area contributed by atoms with Crippen molar-refractivity contribution >= 4 is 27.2 Å². The highest BCUT2D eigenvalue weighted by Gasteiger charge is 2.10. The topological polar surface area (TPSA) is 78.0 Å². The second-order valence-corrected chi connectivity index (χ2v) is 6.00. The highest BCUT2D eigenvalue weighted by molar-refractivity contribution is 7.18. The van der Waals surface area contributed by atoms with E-state index >= 15 is 0 Å². The molecule has 0 bridgehead atoms. The highest BCUT2D eigenvalue weighted by Crippen LogP contribution is 2.21. The quantitative estimate of drug-likeness (QED) is 0.548. The zero-order valence-corrected chi connectivity index (χ0v) is 12.7. The molecule has 0 aliphatic carbocycles. The summed E-state index contributed by atoms with van der Waals surface area (Å²) in [5.74, 6) is 0. The van der Waals surface area contributed by atoms with Crippen molar-refractivity contribution in [3.8, 4) is 0 Å². The molecule has 112 valence electrons. The van der Waals surface area contributed by atoms with E-state index < -0.39 is 4.92 Å². The maximum absolute atomic E-state index is 12.5. The van der Waals surface area contributed by atoms with Gasteiger partial charge in [0.25, 0.3) is 11.2 Å². The van der Waals surface area contributed by atoms with Gasteiger partial charge in [-0.3, -0.25) is 19.5 Å². The molecule has 0 unspecified atom stereocenters. The second kappa shape index (κ2) is 5.69. The number of fused-ring (bicyclic) bond motifs is 1. The van der Waals surface area contributed by atoms with Crippen molar-refractivity contribution in [1.82, 2.24) is 9.55 Å². The van der Waals surface area contributed by atoms with Crippen LogP contribution in [-0.2, 0) is 13.0 Å². The van der Waals surface area contributed by atoms with Crippen LogP contribution in [0.25, 0.3) is 10.2 Å². The number of thiophene rings is 1. The van der Waals surface area contributed by atoms with E-state index in [-0.39, 0.29) is 17.8 Å². The van der Waals surface area contributed by atoms with Gasteiger partial charge in [0.1, 0.15) is 4.83 Å². The van der Waals surface area contributed by atoms with Crippen LogP contribution in [0, 0.1) is 10.1 Å². The van der Waals surface area contributed by atoms with Crippen LogP contribution in [0.2, 0.25) is 0 Å². The summed E-state index contributed by atoms with van der Waals surface area (Å²) in [4.78, 5) is 29.0. The number of aromatic nitrogens is 2. The molecule has 0 spiro atoms. The molecule has 0 fully saturated rings. The molecule has 2 aromatic heterocycles. The van der Waals surface area contributed by atoms with E-state index in [9.17, 15) is 14.9 Å². The van der Waals surface area contributed by atoms with Gasteiger partial charge in [0.15, 0.2) is 0 Å². The Balaban J connectivity index is 2.00. The zero-order chi connectivity index (χ0) is 15.7. The number of hydrogen-bond acceptors (Lipinski definition) is 5. The van der Waals surface area contributed by atoms with Gasteiger partial charge in [-0.05, 0) is 18.1 Å². The molecular weight excluding hydrogens is 302 g/mol. The van der Waals surface area contributed by atoms with Crippen molar-refractivity contribution in [2.75, 3.05) is 0 Å². The fourth-order valence-electron chi connectivity index (χ4n) is 2.26. The van der Waals surface area contributed by atoms with Crippen molar-refractivity contribution in [3.05, 3.63) is 67.6 Å². The van der Waals surface area contributed by atoms with Gasteiger partial charge in [0.2, 0.25) is 0 Å². The smallest absolute Gasteiger partial charge is 0.269 e. The first kappa shape index (κ1) is 14.4. The van der Waals surface area contributed by atoms with Crippen molar-refractivity contribution < 1.29 is 4.92 Å². The summed E-state index contributed by atoms with van der Waals surface area (Å²) in [7, 11) is 0. The lowest BCUT2D eigenvalue weighted by atomic mass is 10.2. The summed E-state index contributed by atoms with van der Waals surface area (Å²) in [6.45, 7) is 2.30. The first-order valence-electron chi connectivity index (χ1n) is 6.79. The fraction of sp³-hybridized carbons (Fsp3) is 0.200.